The smallest absolute Gasteiger partial charge is 0.0541 e. The molecular weight excluding hydrogens is 474 g/mol. The Morgan fingerprint density at radius 3 is 1.82 bits per heavy atom. The lowest BCUT2D eigenvalue weighted by atomic mass is 9.82. The Morgan fingerprint density at radius 2 is 1.13 bits per heavy atom. The van der Waals surface area contributed by atoms with Gasteiger partial charge in [-0.25, -0.2) is 0 Å². The molecular formula is C36H41N3. The second-order valence-electron chi connectivity index (χ2n) is 14.3. The normalized spacial score (nSPS) is 13.3. The first-order chi connectivity index (χ1) is 18.2. The highest BCUT2D eigenvalue weighted by molar-refractivity contribution is 6.11. The van der Waals surface area contributed by atoms with E-state index >= 15 is 0 Å². The maximum Gasteiger partial charge on any atom is 0.0541 e. The van der Waals surface area contributed by atoms with Crippen LogP contribution in [0, 0.1) is 0 Å². The average molecular weight is 516 g/mol. The molecule has 6 rings (SSSR count). The summed E-state index contributed by atoms with van der Waals surface area (Å²) in [6.07, 6.45) is 6.45. The van der Waals surface area contributed by atoms with Gasteiger partial charge < -0.3 is 15.0 Å². The molecule has 0 bridgehead atoms. The van der Waals surface area contributed by atoms with Gasteiger partial charge in [-0.2, -0.15) is 0 Å². The minimum atomic E-state index is 0.0147. The third-order valence-electron chi connectivity index (χ3n) is 8.31. The molecule has 0 radical (unpaired) electrons. The van der Waals surface area contributed by atoms with Gasteiger partial charge in [-0.15, -0.1) is 0 Å². The van der Waals surface area contributed by atoms with Crippen molar-refractivity contribution in [2.24, 2.45) is 0 Å². The highest BCUT2D eigenvalue weighted by Gasteiger charge is 2.24. The van der Waals surface area contributed by atoms with E-state index in [9.17, 15) is 0 Å². The van der Waals surface area contributed by atoms with Crippen LogP contribution in [0.3, 0.4) is 0 Å². The van der Waals surface area contributed by atoms with E-state index in [0.29, 0.717) is 0 Å². The second kappa shape index (κ2) is 8.39. The minimum absolute atomic E-state index is 0.0147. The van der Waals surface area contributed by atoms with Gasteiger partial charge in [0.2, 0.25) is 0 Å². The molecule has 3 aromatic heterocycles. The fourth-order valence-electron chi connectivity index (χ4n) is 5.95. The number of aromatic nitrogens is 3. The Balaban J connectivity index is 1.61. The van der Waals surface area contributed by atoms with Crippen LogP contribution in [0.15, 0.2) is 67.1 Å². The van der Waals surface area contributed by atoms with Gasteiger partial charge in [-0.3, -0.25) is 0 Å². The largest absolute Gasteiger partial charge is 0.361 e. The summed E-state index contributed by atoms with van der Waals surface area (Å²) in [4.78, 5) is 10.8. The van der Waals surface area contributed by atoms with Crippen molar-refractivity contribution in [3.8, 4) is 22.3 Å². The van der Waals surface area contributed by atoms with Crippen LogP contribution in [0.5, 0.6) is 0 Å². The number of fused-ring (bicyclic) bond motifs is 3. The van der Waals surface area contributed by atoms with Gasteiger partial charge in [0.15, 0.2) is 0 Å². The fourth-order valence-corrected chi connectivity index (χ4v) is 5.95. The Hall–Kier alpha value is -3.72. The molecule has 3 heterocycles. The van der Waals surface area contributed by atoms with E-state index in [1.165, 1.54) is 71.7 Å². The van der Waals surface area contributed by atoms with Gasteiger partial charge in [0.25, 0.3) is 0 Å². The van der Waals surface area contributed by atoms with Gasteiger partial charge in [0, 0.05) is 62.5 Å². The molecule has 6 aromatic rings. The average Bonchev–Trinajstić information content (AvgIpc) is 3.58. The van der Waals surface area contributed by atoms with Crippen LogP contribution in [0.2, 0.25) is 0 Å². The summed E-state index contributed by atoms with van der Waals surface area (Å²) in [6, 6.07) is 18.5. The van der Waals surface area contributed by atoms with E-state index in [-0.39, 0.29) is 16.2 Å². The predicted octanol–water partition coefficient (Wildman–Crippen LogP) is 10.4. The zero-order valence-corrected chi connectivity index (χ0v) is 24.9. The van der Waals surface area contributed by atoms with Crippen LogP contribution >= 0.6 is 0 Å². The van der Waals surface area contributed by atoms with Crippen LogP contribution in [-0.2, 0) is 16.2 Å². The number of nitrogens with one attached hydrogen (secondary N) is 3. The Labute approximate surface area is 232 Å². The number of rotatable bonds is 2. The molecule has 0 aliphatic heterocycles. The lowest BCUT2D eigenvalue weighted by molar-refractivity contribution is 0.591. The van der Waals surface area contributed by atoms with Crippen molar-refractivity contribution in [2.45, 2.75) is 78.6 Å². The molecule has 0 unspecified atom stereocenters. The first-order valence-electron chi connectivity index (χ1n) is 14.1. The van der Waals surface area contributed by atoms with Crippen molar-refractivity contribution in [1.82, 2.24) is 15.0 Å². The van der Waals surface area contributed by atoms with Crippen molar-refractivity contribution >= 4 is 32.7 Å². The number of benzene rings is 3. The van der Waals surface area contributed by atoms with Gasteiger partial charge >= 0.3 is 0 Å². The van der Waals surface area contributed by atoms with E-state index in [4.69, 9.17) is 0 Å². The summed E-state index contributed by atoms with van der Waals surface area (Å²) in [7, 11) is 0. The summed E-state index contributed by atoms with van der Waals surface area (Å²) in [5, 5.41) is 3.82. The Kier molecular flexibility index (Phi) is 5.50. The molecule has 0 amide bonds. The first kappa shape index (κ1) is 25.6. The maximum atomic E-state index is 3.70. The van der Waals surface area contributed by atoms with Crippen molar-refractivity contribution in [1.29, 1.82) is 0 Å². The Morgan fingerprint density at radius 1 is 0.462 bits per heavy atom. The summed E-state index contributed by atoms with van der Waals surface area (Å²) in [5.74, 6) is 0. The summed E-state index contributed by atoms with van der Waals surface area (Å²) in [5.41, 5.74) is 12.8. The van der Waals surface area contributed by atoms with E-state index in [0.717, 1.165) is 0 Å². The third kappa shape index (κ3) is 4.19. The van der Waals surface area contributed by atoms with Gasteiger partial charge in [0.05, 0.1) is 11.0 Å². The van der Waals surface area contributed by atoms with Gasteiger partial charge in [-0.1, -0.05) is 86.6 Å². The van der Waals surface area contributed by atoms with Gasteiger partial charge in [-0.05, 0) is 57.2 Å². The fraction of sp³-hybridized carbons (Fsp3) is 0.333. The summed E-state index contributed by atoms with van der Waals surface area (Å²) in [6.45, 7) is 20.6. The minimum Gasteiger partial charge on any atom is -0.361 e. The number of hydrogen-bond donors (Lipinski definition) is 3. The first-order valence-corrected chi connectivity index (χ1v) is 14.1. The monoisotopic (exact) mass is 515 g/mol. The van der Waals surface area contributed by atoms with Gasteiger partial charge in [0.1, 0.15) is 0 Å². The molecule has 0 atom stereocenters. The van der Waals surface area contributed by atoms with E-state index in [1.54, 1.807) is 0 Å². The van der Waals surface area contributed by atoms with E-state index in [1.807, 2.05) is 0 Å². The standard InChI is InChI=1S/C36H41N3/c1-34(2,3)21-10-11-23-28(19-38-31(23)18-21)26-16-22(35(4,5)6)17-27-29(20-39-33(26)27)24-12-13-30(36(7,8)9)25-14-15-37-32(24)25/h10-20,37-39H,1-9H3. The predicted molar refractivity (Wildman–Crippen MR) is 169 cm³/mol. The Bertz CT molecular complexity index is 1850. The quantitative estimate of drug-likeness (QED) is 0.205. The molecule has 3 nitrogen and oxygen atoms in total. The van der Waals surface area contributed by atoms with E-state index < -0.39 is 0 Å². The molecule has 39 heavy (non-hydrogen) atoms. The molecule has 0 fully saturated rings. The molecule has 0 aliphatic carbocycles. The van der Waals surface area contributed by atoms with Crippen LogP contribution in [-0.4, -0.2) is 15.0 Å². The van der Waals surface area contributed by atoms with Crippen LogP contribution in [0.1, 0.15) is 79.0 Å². The molecule has 200 valence electrons. The molecule has 0 saturated carbocycles. The second-order valence-corrected chi connectivity index (χ2v) is 14.3. The molecule has 0 aliphatic rings. The molecule has 3 heteroatoms. The number of hydrogen-bond acceptors (Lipinski definition) is 0. The van der Waals surface area contributed by atoms with Crippen LogP contribution in [0.25, 0.3) is 55.0 Å². The van der Waals surface area contributed by atoms with Crippen molar-refractivity contribution in [3.63, 3.8) is 0 Å². The van der Waals surface area contributed by atoms with Crippen LogP contribution < -0.4 is 0 Å². The lowest BCUT2D eigenvalue weighted by Crippen LogP contribution is -2.11. The summed E-state index contributed by atoms with van der Waals surface area (Å²) >= 11 is 0. The number of H-pyrrole nitrogens is 3. The number of aromatic amines is 3. The van der Waals surface area contributed by atoms with Crippen LogP contribution in [0.4, 0.5) is 0 Å². The van der Waals surface area contributed by atoms with Crippen molar-refractivity contribution in [2.75, 3.05) is 0 Å². The zero-order chi connectivity index (χ0) is 27.9. The third-order valence-corrected chi connectivity index (χ3v) is 8.31. The molecule has 0 spiro atoms. The zero-order valence-electron chi connectivity index (χ0n) is 24.9. The van der Waals surface area contributed by atoms with E-state index in [2.05, 4.69) is 144 Å². The topological polar surface area (TPSA) is 47.4 Å². The summed E-state index contributed by atoms with van der Waals surface area (Å²) < 4.78 is 0. The molecule has 3 aromatic carbocycles. The molecule has 0 saturated heterocycles. The highest BCUT2D eigenvalue weighted by atomic mass is 14.7. The SMILES string of the molecule is CC(C)(C)c1ccc2c(-c3cc(C(C)(C)C)cc4c(-c5ccc(C(C)(C)C)c6cc[nH]c56)c[nH]c34)c[nH]c2c1. The van der Waals surface area contributed by atoms with Crippen molar-refractivity contribution < 1.29 is 0 Å². The molecule has 3 N–H and O–H groups in total. The highest BCUT2D eigenvalue weighted by Crippen LogP contribution is 2.43. The lowest BCUT2D eigenvalue weighted by Gasteiger charge is -2.22. The van der Waals surface area contributed by atoms with Crippen molar-refractivity contribution in [3.05, 3.63) is 83.8 Å². The maximum absolute atomic E-state index is 3.70.